The molecule has 1 aromatic rings. The monoisotopic (exact) mass is 345 g/mol. The summed E-state index contributed by atoms with van der Waals surface area (Å²) in [7, 11) is 1.86. The Bertz CT molecular complexity index is 686. The molecule has 4 rings (SSSR count). The molecule has 0 aromatic heterocycles. The third-order valence-corrected chi connectivity index (χ3v) is 4.49. The topological polar surface area (TPSA) is 67.7 Å². The van der Waals surface area contributed by atoms with Gasteiger partial charge < -0.3 is 9.64 Å². The molecule has 0 saturated carbocycles. The van der Waals surface area contributed by atoms with Gasteiger partial charge in [0.25, 0.3) is 5.96 Å². The van der Waals surface area contributed by atoms with Crippen LogP contribution in [0.2, 0.25) is 0 Å². The van der Waals surface area contributed by atoms with Crippen LogP contribution in [0.1, 0.15) is 11.7 Å². The molecule has 3 aliphatic heterocycles. The van der Waals surface area contributed by atoms with Crippen molar-refractivity contribution in [1.29, 1.82) is 0 Å². The van der Waals surface area contributed by atoms with Crippen LogP contribution in [0.25, 0.3) is 0 Å². The predicted octanol–water partition coefficient (Wildman–Crippen LogP) is 0.285. The molecule has 0 amide bonds. The zero-order valence-corrected chi connectivity index (χ0v) is 14.2. The van der Waals surface area contributed by atoms with Gasteiger partial charge in [-0.1, -0.05) is 30.3 Å². The third-order valence-electron chi connectivity index (χ3n) is 4.12. The Labute approximate surface area is 145 Å². The number of aliphatic imine (C=N–C) groups is 2. The lowest BCUT2D eigenvalue weighted by Crippen LogP contribution is -2.53. The number of guanidine groups is 2. The quantitative estimate of drug-likeness (QED) is 0.709. The second kappa shape index (κ2) is 6.34. The van der Waals surface area contributed by atoms with Crippen LogP contribution in [0.15, 0.2) is 40.3 Å². The molecule has 8 nitrogen and oxygen atoms in total. The van der Waals surface area contributed by atoms with Gasteiger partial charge in [0.1, 0.15) is 6.17 Å². The highest BCUT2D eigenvalue weighted by molar-refractivity contribution is 7.80. The molecule has 1 saturated heterocycles. The molecule has 2 N–H and O–H groups in total. The molecule has 3 heterocycles. The minimum Gasteiger partial charge on any atom is -0.378 e. The highest BCUT2D eigenvalue weighted by atomic mass is 32.1. The van der Waals surface area contributed by atoms with Gasteiger partial charge in [-0.15, -0.1) is 0 Å². The second-order valence-corrected chi connectivity index (χ2v) is 6.08. The van der Waals surface area contributed by atoms with Crippen LogP contribution < -0.4 is 10.9 Å². The summed E-state index contributed by atoms with van der Waals surface area (Å²) < 4.78 is 5.41. The number of ether oxygens (including phenoxy) is 1. The molecule has 1 unspecified atom stereocenters. The van der Waals surface area contributed by atoms with Crippen molar-refractivity contribution in [2.75, 3.05) is 33.4 Å². The number of benzene rings is 1. The molecular weight excluding hydrogens is 326 g/mol. The molecule has 1 fully saturated rings. The molecule has 1 atom stereocenters. The summed E-state index contributed by atoms with van der Waals surface area (Å²) in [4.78, 5) is 11.3. The fourth-order valence-corrected chi connectivity index (χ4v) is 2.96. The third kappa shape index (κ3) is 2.81. The van der Waals surface area contributed by atoms with E-state index in [0.717, 1.165) is 24.6 Å². The number of hydrogen-bond donors (Lipinski definition) is 2. The van der Waals surface area contributed by atoms with E-state index in [1.807, 2.05) is 30.3 Å². The maximum atomic E-state index is 5.41. The molecule has 1 aromatic carbocycles. The van der Waals surface area contributed by atoms with Crippen LogP contribution in [0.3, 0.4) is 0 Å². The van der Waals surface area contributed by atoms with E-state index in [1.54, 1.807) is 5.01 Å². The van der Waals surface area contributed by atoms with Crippen molar-refractivity contribution in [3.05, 3.63) is 35.9 Å². The average Bonchev–Trinajstić information content (AvgIpc) is 2.99. The molecular formula is C15H19N7OS. The van der Waals surface area contributed by atoms with Gasteiger partial charge in [0, 0.05) is 20.1 Å². The largest absolute Gasteiger partial charge is 0.378 e. The first-order chi connectivity index (χ1) is 11.7. The lowest BCUT2D eigenvalue weighted by atomic mass is 10.2. The first-order valence-electron chi connectivity index (χ1n) is 7.87. The van der Waals surface area contributed by atoms with Gasteiger partial charge in [0.05, 0.1) is 13.2 Å². The summed E-state index contributed by atoms with van der Waals surface area (Å²) in [5.74, 6) is 1.35. The average molecular weight is 345 g/mol. The highest BCUT2D eigenvalue weighted by Crippen LogP contribution is 2.23. The Balaban J connectivity index is 1.66. The second-order valence-electron chi connectivity index (χ2n) is 5.71. The molecule has 0 radical (unpaired) electrons. The van der Waals surface area contributed by atoms with Gasteiger partial charge in [-0.05, 0) is 17.8 Å². The molecule has 24 heavy (non-hydrogen) atoms. The zero-order chi connectivity index (χ0) is 16.5. The summed E-state index contributed by atoms with van der Waals surface area (Å²) in [5.41, 5.74) is 7.82. The number of rotatable bonds is 1. The zero-order valence-electron chi connectivity index (χ0n) is 13.3. The maximum Gasteiger partial charge on any atom is 0.252 e. The minimum absolute atomic E-state index is 0.169. The lowest BCUT2D eigenvalue weighted by molar-refractivity contribution is 0.0642. The van der Waals surface area contributed by atoms with Crippen molar-refractivity contribution >= 4 is 29.2 Å². The van der Waals surface area contributed by atoms with Crippen LogP contribution in [0, 0.1) is 0 Å². The van der Waals surface area contributed by atoms with Gasteiger partial charge >= 0.3 is 0 Å². The first-order valence-corrected chi connectivity index (χ1v) is 8.28. The fraction of sp³-hybridized carbons (Fsp3) is 0.400. The number of hydrazine groups is 2. The van der Waals surface area contributed by atoms with E-state index in [0.29, 0.717) is 24.3 Å². The number of nitrogens with one attached hydrogen (secondary N) is 2. The van der Waals surface area contributed by atoms with Crippen LogP contribution in [0.4, 0.5) is 0 Å². The van der Waals surface area contributed by atoms with Crippen molar-refractivity contribution in [2.45, 2.75) is 6.17 Å². The number of morpholine rings is 1. The lowest BCUT2D eigenvalue weighted by Gasteiger charge is -2.33. The van der Waals surface area contributed by atoms with Crippen molar-refractivity contribution < 1.29 is 4.74 Å². The first kappa shape index (κ1) is 15.3. The Hall–Kier alpha value is -2.23. The van der Waals surface area contributed by atoms with E-state index < -0.39 is 0 Å². The maximum absolute atomic E-state index is 5.41. The fourth-order valence-electron chi connectivity index (χ4n) is 2.82. The summed E-state index contributed by atoms with van der Waals surface area (Å²) in [6.45, 7) is 3.02. The van der Waals surface area contributed by atoms with E-state index in [1.165, 1.54) is 0 Å². The van der Waals surface area contributed by atoms with Crippen molar-refractivity contribution in [3.63, 3.8) is 0 Å². The Kier molecular flexibility index (Phi) is 4.05. The number of thiocarbonyl (C=S) groups is 1. The molecule has 3 aliphatic rings. The van der Waals surface area contributed by atoms with E-state index in [9.17, 15) is 0 Å². The molecule has 0 aliphatic carbocycles. The van der Waals surface area contributed by atoms with Crippen LogP contribution >= 0.6 is 12.2 Å². The van der Waals surface area contributed by atoms with E-state index >= 15 is 0 Å². The normalized spacial score (nSPS) is 24.1. The number of fused-ring (bicyclic) bond motifs is 1. The van der Waals surface area contributed by atoms with Gasteiger partial charge in [-0.2, -0.15) is 9.98 Å². The van der Waals surface area contributed by atoms with E-state index in [2.05, 4.69) is 37.9 Å². The van der Waals surface area contributed by atoms with Gasteiger partial charge in [0.15, 0.2) is 0 Å². The molecule has 0 bridgehead atoms. The standard InChI is InChI=1S/C15H19N7OS/c1-20-15(24)17-13-16-14(21-7-9-23-10-8-21)19-22(13)12(18-20)11-5-3-2-4-6-11/h2-6,12,18H,7-10H2,1H3,(H,16,17,19,24). The summed E-state index contributed by atoms with van der Waals surface area (Å²) in [6, 6.07) is 10.1. The van der Waals surface area contributed by atoms with Gasteiger partial charge in [-0.25, -0.2) is 10.4 Å². The van der Waals surface area contributed by atoms with Crippen molar-refractivity contribution in [2.24, 2.45) is 9.98 Å². The molecule has 0 spiro atoms. The van der Waals surface area contributed by atoms with Crippen LogP contribution in [-0.2, 0) is 4.74 Å². The van der Waals surface area contributed by atoms with Crippen molar-refractivity contribution in [1.82, 2.24) is 25.8 Å². The van der Waals surface area contributed by atoms with E-state index in [-0.39, 0.29) is 6.17 Å². The van der Waals surface area contributed by atoms with Crippen LogP contribution in [0.5, 0.6) is 0 Å². The number of nitrogens with zero attached hydrogens (tertiary/aromatic N) is 5. The molecule has 126 valence electrons. The number of hydrogen-bond acceptors (Lipinski definition) is 7. The Morgan fingerprint density at radius 1 is 1.17 bits per heavy atom. The van der Waals surface area contributed by atoms with Gasteiger partial charge in [-0.3, -0.25) is 10.4 Å². The smallest absolute Gasteiger partial charge is 0.252 e. The molecule has 9 heteroatoms. The Morgan fingerprint density at radius 2 is 1.92 bits per heavy atom. The SMILES string of the molecule is CN1NC(c2ccccc2)N2NC(N3CCOCC3)=NC2=NC1=S. The summed E-state index contributed by atoms with van der Waals surface area (Å²) >= 11 is 5.36. The van der Waals surface area contributed by atoms with Crippen molar-refractivity contribution in [3.8, 4) is 0 Å². The summed E-state index contributed by atoms with van der Waals surface area (Å²) in [6.07, 6.45) is -0.169. The Morgan fingerprint density at radius 3 is 2.67 bits per heavy atom. The predicted molar refractivity (Wildman–Crippen MR) is 94.9 cm³/mol. The minimum atomic E-state index is -0.169. The summed E-state index contributed by atoms with van der Waals surface area (Å²) in [5, 5.41) is 4.10. The van der Waals surface area contributed by atoms with Crippen LogP contribution in [-0.4, -0.2) is 65.3 Å². The van der Waals surface area contributed by atoms with E-state index in [4.69, 9.17) is 17.0 Å². The van der Waals surface area contributed by atoms with Gasteiger partial charge in [0.2, 0.25) is 11.1 Å². The highest BCUT2D eigenvalue weighted by Gasteiger charge is 2.35.